The third kappa shape index (κ3) is 5.38. The van der Waals surface area contributed by atoms with Gasteiger partial charge in [0.05, 0.1) is 11.7 Å². The number of fused-ring (bicyclic) bond motifs is 1. The number of aromatic nitrogens is 3. The fourth-order valence-corrected chi connectivity index (χ4v) is 3.60. The number of carbonyl (C=O) groups excluding carboxylic acids is 1. The lowest BCUT2D eigenvalue weighted by molar-refractivity contribution is -0.111. The van der Waals surface area contributed by atoms with Gasteiger partial charge in [-0.25, -0.2) is 15.0 Å². The highest BCUT2D eigenvalue weighted by atomic mass is 79.9. The van der Waals surface area contributed by atoms with Gasteiger partial charge in [0.1, 0.15) is 18.0 Å². The average molecular weight is 468 g/mol. The Morgan fingerprint density at radius 3 is 2.90 bits per heavy atom. The predicted molar refractivity (Wildman–Crippen MR) is 122 cm³/mol. The maximum atomic E-state index is 12.3. The van der Waals surface area contributed by atoms with Gasteiger partial charge in [0, 0.05) is 54.3 Å². The molecule has 0 radical (unpaired) electrons. The molecule has 1 aliphatic rings. The van der Waals surface area contributed by atoms with Crippen LogP contribution in [0.4, 0.5) is 17.3 Å². The van der Waals surface area contributed by atoms with Crippen LogP contribution in [-0.2, 0) is 4.79 Å². The summed E-state index contributed by atoms with van der Waals surface area (Å²) < 4.78 is 0.966. The zero-order chi connectivity index (χ0) is 20.8. The average Bonchev–Trinajstić information content (AvgIpc) is 2.75. The summed E-state index contributed by atoms with van der Waals surface area (Å²) in [5.41, 5.74) is 1.58. The molecule has 1 fully saturated rings. The number of benzene rings is 1. The van der Waals surface area contributed by atoms with Crippen molar-refractivity contribution in [2.75, 3.05) is 43.4 Å². The van der Waals surface area contributed by atoms with Crippen molar-refractivity contribution in [2.45, 2.75) is 0 Å². The molecule has 3 aromatic rings. The predicted octanol–water partition coefficient (Wildman–Crippen LogP) is 2.93. The summed E-state index contributed by atoms with van der Waals surface area (Å²) in [6.07, 6.45) is 6.55. The third-order valence-corrected chi connectivity index (χ3v) is 5.20. The van der Waals surface area contributed by atoms with Gasteiger partial charge >= 0.3 is 0 Å². The van der Waals surface area contributed by atoms with Crippen LogP contribution in [-0.4, -0.2) is 58.5 Å². The maximum Gasteiger partial charge on any atom is 0.249 e. The van der Waals surface area contributed by atoms with Gasteiger partial charge in [-0.1, -0.05) is 28.1 Å². The van der Waals surface area contributed by atoms with E-state index in [-0.39, 0.29) is 5.91 Å². The topological polar surface area (TPSA) is 95.1 Å². The highest BCUT2D eigenvalue weighted by molar-refractivity contribution is 9.10. The Bertz CT molecular complexity index is 1070. The minimum atomic E-state index is -0.213. The first kappa shape index (κ1) is 20.4. The third-order valence-electron chi connectivity index (χ3n) is 4.70. The number of anilines is 3. The molecule has 8 nitrogen and oxygen atoms in total. The van der Waals surface area contributed by atoms with E-state index in [9.17, 15) is 4.79 Å². The summed E-state index contributed by atoms with van der Waals surface area (Å²) in [6, 6.07) is 9.58. The number of hydrogen-bond donors (Lipinski definition) is 3. The summed E-state index contributed by atoms with van der Waals surface area (Å²) in [5, 5.41) is 10.2. The van der Waals surface area contributed by atoms with Crippen molar-refractivity contribution in [3.63, 3.8) is 0 Å². The van der Waals surface area contributed by atoms with Crippen molar-refractivity contribution in [1.29, 1.82) is 0 Å². The number of piperazine rings is 1. The highest BCUT2D eigenvalue weighted by Gasteiger charge is 2.09. The first-order valence-corrected chi connectivity index (χ1v) is 10.5. The standard InChI is InChI=1S/C21H22BrN7O/c22-15-3-1-4-16(11-15)27-21-17-12-19(24-13-18(17)25-14-26-21)28-20(30)5-2-8-29-9-6-23-7-10-29/h1-5,11-14,23H,6-10H2,(H,24,28,30)(H,25,26,27)/b5-2-. The van der Waals surface area contributed by atoms with Gasteiger partial charge in [-0.2, -0.15) is 0 Å². The molecule has 0 atom stereocenters. The second-order valence-electron chi connectivity index (χ2n) is 6.89. The van der Waals surface area contributed by atoms with Crippen LogP contribution in [0.25, 0.3) is 10.9 Å². The van der Waals surface area contributed by atoms with Gasteiger partial charge in [-0.05, 0) is 24.3 Å². The van der Waals surface area contributed by atoms with E-state index >= 15 is 0 Å². The first-order valence-electron chi connectivity index (χ1n) is 9.71. The van der Waals surface area contributed by atoms with Crippen LogP contribution in [0, 0.1) is 0 Å². The van der Waals surface area contributed by atoms with Crippen molar-refractivity contribution >= 4 is 50.1 Å². The van der Waals surface area contributed by atoms with E-state index in [1.807, 2.05) is 30.3 Å². The largest absolute Gasteiger partial charge is 0.340 e. The smallest absolute Gasteiger partial charge is 0.249 e. The summed E-state index contributed by atoms with van der Waals surface area (Å²) >= 11 is 3.47. The van der Waals surface area contributed by atoms with Crippen LogP contribution in [0.5, 0.6) is 0 Å². The summed E-state index contributed by atoms with van der Waals surface area (Å²) in [5.74, 6) is 0.881. The van der Waals surface area contributed by atoms with Crippen LogP contribution in [0.15, 0.2) is 59.5 Å². The second-order valence-corrected chi connectivity index (χ2v) is 7.80. The van der Waals surface area contributed by atoms with Crippen molar-refractivity contribution in [3.05, 3.63) is 59.5 Å². The first-order chi connectivity index (χ1) is 14.7. The van der Waals surface area contributed by atoms with Crippen LogP contribution in [0.3, 0.4) is 0 Å². The van der Waals surface area contributed by atoms with Gasteiger partial charge in [-0.3, -0.25) is 9.69 Å². The molecule has 1 aliphatic heterocycles. The zero-order valence-electron chi connectivity index (χ0n) is 16.3. The molecular weight excluding hydrogens is 446 g/mol. The summed E-state index contributed by atoms with van der Waals surface area (Å²) in [7, 11) is 0. The monoisotopic (exact) mass is 467 g/mol. The molecule has 1 aromatic carbocycles. The van der Waals surface area contributed by atoms with Crippen LogP contribution >= 0.6 is 15.9 Å². The zero-order valence-corrected chi connectivity index (χ0v) is 17.9. The lowest BCUT2D eigenvalue weighted by Gasteiger charge is -2.25. The molecule has 0 spiro atoms. The lowest BCUT2D eigenvalue weighted by atomic mass is 10.2. The Morgan fingerprint density at radius 2 is 2.07 bits per heavy atom. The number of hydrogen-bond acceptors (Lipinski definition) is 7. The SMILES string of the molecule is O=C(/C=C\CN1CCNCC1)Nc1cc2c(Nc3cccc(Br)c3)ncnc2cn1. The van der Waals surface area contributed by atoms with Crippen LogP contribution in [0.2, 0.25) is 0 Å². The quantitative estimate of drug-likeness (QED) is 0.479. The molecular formula is C21H22BrN7O. The summed E-state index contributed by atoms with van der Waals surface area (Å²) in [4.78, 5) is 27.5. The number of amides is 1. The van der Waals surface area contributed by atoms with Crippen molar-refractivity contribution in [1.82, 2.24) is 25.2 Å². The number of rotatable bonds is 6. The van der Waals surface area contributed by atoms with E-state index in [4.69, 9.17) is 0 Å². The van der Waals surface area contributed by atoms with Gasteiger partial charge in [-0.15, -0.1) is 0 Å². The van der Waals surface area contributed by atoms with Gasteiger partial charge in [0.15, 0.2) is 0 Å². The van der Waals surface area contributed by atoms with E-state index in [0.29, 0.717) is 17.2 Å². The number of halogens is 1. The second kappa shape index (κ2) is 9.75. The molecule has 0 unspecified atom stereocenters. The van der Waals surface area contributed by atoms with Crippen LogP contribution in [0.1, 0.15) is 0 Å². The van der Waals surface area contributed by atoms with Gasteiger partial charge in [0.2, 0.25) is 5.91 Å². The molecule has 1 amide bonds. The molecule has 0 saturated carbocycles. The molecule has 4 rings (SSSR count). The van der Waals surface area contributed by atoms with Gasteiger partial charge < -0.3 is 16.0 Å². The fourth-order valence-electron chi connectivity index (χ4n) is 3.20. The maximum absolute atomic E-state index is 12.3. The molecule has 154 valence electrons. The van der Waals surface area contributed by atoms with Crippen molar-refractivity contribution < 1.29 is 4.79 Å². The molecule has 9 heteroatoms. The molecule has 1 saturated heterocycles. The lowest BCUT2D eigenvalue weighted by Crippen LogP contribution is -2.43. The van der Waals surface area contributed by atoms with Crippen molar-refractivity contribution in [3.8, 4) is 0 Å². The Hall–Kier alpha value is -2.88. The number of pyridine rings is 1. The van der Waals surface area contributed by atoms with Gasteiger partial charge in [0.25, 0.3) is 0 Å². The fraction of sp³-hybridized carbons (Fsp3) is 0.238. The number of nitrogens with zero attached hydrogens (tertiary/aromatic N) is 4. The molecule has 30 heavy (non-hydrogen) atoms. The number of carbonyl (C=O) groups is 1. The minimum absolute atomic E-state index is 0.213. The highest BCUT2D eigenvalue weighted by Crippen LogP contribution is 2.25. The Labute approximate surface area is 182 Å². The van der Waals surface area contributed by atoms with E-state index in [2.05, 4.69) is 51.7 Å². The Kier molecular flexibility index (Phi) is 6.63. The molecule has 0 aliphatic carbocycles. The number of nitrogens with one attached hydrogen (secondary N) is 3. The van der Waals surface area contributed by atoms with E-state index in [1.54, 1.807) is 18.3 Å². The summed E-state index contributed by atoms with van der Waals surface area (Å²) in [6.45, 7) is 4.71. The molecule has 3 N–H and O–H groups in total. The van der Waals surface area contributed by atoms with E-state index in [0.717, 1.165) is 48.3 Å². The molecule has 0 bridgehead atoms. The normalized spacial score (nSPS) is 14.8. The van der Waals surface area contributed by atoms with E-state index < -0.39 is 0 Å². The van der Waals surface area contributed by atoms with Crippen molar-refractivity contribution in [2.24, 2.45) is 0 Å². The van der Waals surface area contributed by atoms with Crippen LogP contribution < -0.4 is 16.0 Å². The Morgan fingerprint density at radius 1 is 1.20 bits per heavy atom. The van der Waals surface area contributed by atoms with E-state index in [1.165, 1.54) is 6.33 Å². The molecule has 3 heterocycles. The Balaban J connectivity index is 1.46. The molecule has 2 aromatic heterocycles. The minimum Gasteiger partial charge on any atom is -0.340 e.